The van der Waals surface area contributed by atoms with Crippen molar-refractivity contribution in [3.8, 4) is 5.75 Å². The normalized spacial score (nSPS) is 10.3. The van der Waals surface area contributed by atoms with Crippen LogP contribution >= 0.6 is 0 Å². The third-order valence-electron chi connectivity index (χ3n) is 3.67. The highest BCUT2D eigenvalue weighted by atomic mass is 19.1. The number of benzene rings is 2. The molecule has 0 atom stereocenters. The van der Waals surface area contributed by atoms with Gasteiger partial charge in [0.15, 0.2) is 0 Å². The van der Waals surface area contributed by atoms with E-state index in [4.69, 9.17) is 4.74 Å². The van der Waals surface area contributed by atoms with Gasteiger partial charge in [-0.05, 0) is 43.3 Å². The summed E-state index contributed by atoms with van der Waals surface area (Å²) in [4.78, 5) is 16.5. The number of hydrogen-bond acceptors (Lipinski definition) is 4. The van der Waals surface area contributed by atoms with E-state index in [0.717, 1.165) is 12.1 Å². The Morgan fingerprint density at radius 1 is 1.07 bits per heavy atom. The van der Waals surface area contributed by atoms with E-state index in [9.17, 15) is 13.6 Å². The van der Waals surface area contributed by atoms with Crippen LogP contribution in [0.3, 0.4) is 0 Å². The molecule has 0 aliphatic rings. The summed E-state index contributed by atoms with van der Waals surface area (Å²) >= 11 is 0. The maximum absolute atomic E-state index is 13.7. The van der Waals surface area contributed by atoms with Crippen LogP contribution in [0.5, 0.6) is 5.75 Å². The predicted molar refractivity (Wildman–Crippen MR) is 99.4 cm³/mol. The Morgan fingerprint density at radius 3 is 2.56 bits per heavy atom. The van der Waals surface area contributed by atoms with Crippen molar-refractivity contribution in [1.29, 1.82) is 0 Å². The molecule has 0 unspecified atom stereocenters. The average Bonchev–Trinajstić information content (AvgIpc) is 2.67. The van der Waals surface area contributed by atoms with Crippen LogP contribution in [-0.2, 0) is 0 Å². The molecule has 1 amide bonds. The Balaban J connectivity index is 1.81. The van der Waals surface area contributed by atoms with Crippen molar-refractivity contribution in [2.75, 3.05) is 17.2 Å². The number of carbonyl (C=O) groups is 1. The second-order valence-electron chi connectivity index (χ2n) is 5.53. The molecule has 27 heavy (non-hydrogen) atoms. The van der Waals surface area contributed by atoms with E-state index in [-0.39, 0.29) is 5.56 Å². The van der Waals surface area contributed by atoms with E-state index < -0.39 is 23.2 Å². The first-order valence-electron chi connectivity index (χ1n) is 8.28. The third kappa shape index (κ3) is 4.38. The van der Waals surface area contributed by atoms with Gasteiger partial charge in [0, 0.05) is 11.8 Å². The number of rotatable bonds is 6. The highest BCUT2D eigenvalue weighted by molar-refractivity contribution is 6.04. The summed E-state index contributed by atoms with van der Waals surface area (Å²) in [6.45, 7) is 2.38. The monoisotopic (exact) mass is 369 g/mol. The Bertz CT molecular complexity index is 943. The Kier molecular flexibility index (Phi) is 5.61. The lowest BCUT2D eigenvalue weighted by atomic mass is 10.2. The fourth-order valence-corrected chi connectivity index (χ4v) is 2.43. The van der Waals surface area contributed by atoms with Crippen LogP contribution in [0.15, 0.2) is 60.8 Å². The third-order valence-corrected chi connectivity index (χ3v) is 3.67. The second-order valence-corrected chi connectivity index (χ2v) is 5.53. The molecular formula is C20H17F2N3O2. The van der Waals surface area contributed by atoms with Crippen LogP contribution in [0, 0.1) is 11.6 Å². The molecule has 1 aromatic heterocycles. The number of nitrogens with zero attached hydrogens (tertiary/aromatic N) is 1. The Morgan fingerprint density at radius 2 is 1.81 bits per heavy atom. The van der Waals surface area contributed by atoms with E-state index in [1.165, 1.54) is 24.4 Å². The van der Waals surface area contributed by atoms with Crippen LogP contribution in [0.25, 0.3) is 0 Å². The van der Waals surface area contributed by atoms with Crippen LogP contribution in [0.4, 0.5) is 26.0 Å². The first kappa shape index (κ1) is 18.3. The van der Waals surface area contributed by atoms with Crippen molar-refractivity contribution >= 4 is 23.1 Å². The van der Waals surface area contributed by atoms with Crippen LogP contribution < -0.4 is 15.4 Å². The quantitative estimate of drug-likeness (QED) is 0.658. The zero-order valence-corrected chi connectivity index (χ0v) is 14.5. The summed E-state index contributed by atoms with van der Waals surface area (Å²) in [5, 5.41) is 5.32. The van der Waals surface area contributed by atoms with Crippen molar-refractivity contribution in [2.45, 2.75) is 6.92 Å². The van der Waals surface area contributed by atoms with Crippen molar-refractivity contribution in [1.82, 2.24) is 4.98 Å². The Hall–Kier alpha value is -3.48. The van der Waals surface area contributed by atoms with Gasteiger partial charge in [-0.25, -0.2) is 13.8 Å². The van der Waals surface area contributed by atoms with E-state index in [1.807, 2.05) is 31.2 Å². The zero-order chi connectivity index (χ0) is 19.2. The number of pyridine rings is 1. The number of ether oxygens (including phenoxy) is 1. The van der Waals surface area contributed by atoms with Gasteiger partial charge in [-0.3, -0.25) is 4.79 Å². The van der Waals surface area contributed by atoms with E-state index in [0.29, 0.717) is 23.9 Å². The molecule has 0 radical (unpaired) electrons. The summed E-state index contributed by atoms with van der Waals surface area (Å²) in [7, 11) is 0. The van der Waals surface area contributed by atoms with Gasteiger partial charge in [-0.15, -0.1) is 0 Å². The SMILES string of the molecule is CCOc1ccccc1Nc1cc(C(=O)Nc2c(F)cccc2F)ccn1. The first-order chi connectivity index (χ1) is 13.1. The van der Waals surface area contributed by atoms with Gasteiger partial charge in [0.1, 0.15) is 28.9 Å². The predicted octanol–water partition coefficient (Wildman–Crippen LogP) is 4.75. The molecule has 0 saturated heterocycles. The van der Waals surface area contributed by atoms with E-state index >= 15 is 0 Å². The number of hydrogen-bond donors (Lipinski definition) is 2. The fraction of sp³-hybridized carbons (Fsp3) is 0.100. The maximum atomic E-state index is 13.7. The van der Waals surface area contributed by atoms with Crippen molar-refractivity contribution in [3.63, 3.8) is 0 Å². The standard InChI is InChI=1S/C20H17F2N3O2/c1-2-27-17-9-4-3-8-16(17)24-18-12-13(10-11-23-18)20(26)25-19-14(21)6-5-7-15(19)22/h3-12H,2H2,1H3,(H,23,24)(H,25,26). The van der Waals surface area contributed by atoms with Crippen LogP contribution in [0.2, 0.25) is 0 Å². The van der Waals surface area contributed by atoms with Crippen molar-refractivity contribution in [2.24, 2.45) is 0 Å². The number of amides is 1. The molecule has 5 nitrogen and oxygen atoms in total. The molecule has 3 aromatic rings. The van der Waals surface area contributed by atoms with E-state index in [1.54, 1.807) is 0 Å². The molecular weight excluding hydrogens is 352 g/mol. The maximum Gasteiger partial charge on any atom is 0.256 e. The molecule has 0 fully saturated rings. The summed E-state index contributed by atoms with van der Waals surface area (Å²) in [6.07, 6.45) is 1.43. The molecule has 0 bridgehead atoms. The van der Waals surface area contributed by atoms with E-state index in [2.05, 4.69) is 15.6 Å². The molecule has 3 rings (SSSR count). The number of halogens is 2. The summed E-state index contributed by atoms with van der Waals surface area (Å²) < 4.78 is 33.0. The van der Waals surface area contributed by atoms with Crippen molar-refractivity contribution in [3.05, 3.63) is 78.0 Å². The summed E-state index contributed by atoms with van der Waals surface area (Å²) in [6, 6.07) is 13.6. The Labute approximate surface area is 155 Å². The molecule has 0 aliphatic heterocycles. The number of nitrogens with one attached hydrogen (secondary N) is 2. The summed E-state index contributed by atoms with van der Waals surface area (Å²) in [5.41, 5.74) is 0.393. The second kappa shape index (κ2) is 8.27. The minimum atomic E-state index is -0.846. The van der Waals surface area contributed by atoms with Gasteiger partial charge in [-0.1, -0.05) is 18.2 Å². The number of aromatic nitrogens is 1. The van der Waals surface area contributed by atoms with Gasteiger partial charge in [-0.2, -0.15) is 0 Å². The molecule has 1 heterocycles. The molecule has 138 valence electrons. The van der Waals surface area contributed by atoms with Gasteiger partial charge in [0.2, 0.25) is 0 Å². The number of para-hydroxylation sites is 3. The average molecular weight is 369 g/mol. The lowest BCUT2D eigenvalue weighted by molar-refractivity contribution is 0.102. The number of carbonyl (C=O) groups excluding carboxylic acids is 1. The minimum Gasteiger partial charge on any atom is -0.492 e. The molecule has 0 saturated carbocycles. The van der Waals surface area contributed by atoms with Gasteiger partial charge >= 0.3 is 0 Å². The lowest BCUT2D eigenvalue weighted by Gasteiger charge is -2.12. The van der Waals surface area contributed by atoms with Crippen molar-refractivity contribution < 1.29 is 18.3 Å². The minimum absolute atomic E-state index is 0.198. The zero-order valence-electron chi connectivity index (χ0n) is 14.5. The highest BCUT2D eigenvalue weighted by Crippen LogP contribution is 2.27. The van der Waals surface area contributed by atoms with Gasteiger partial charge < -0.3 is 15.4 Å². The molecule has 7 heteroatoms. The van der Waals surface area contributed by atoms with Gasteiger partial charge in [0.05, 0.1) is 12.3 Å². The first-order valence-corrected chi connectivity index (χ1v) is 8.28. The molecule has 2 N–H and O–H groups in total. The smallest absolute Gasteiger partial charge is 0.256 e. The lowest BCUT2D eigenvalue weighted by Crippen LogP contribution is -2.14. The molecule has 0 spiro atoms. The summed E-state index contributed by atoms with van der Waals surface area (Å²) in [5.74, 6) is -1.31. The fourth-order valence-electron chi connectivity index (χ4n) is 2.43. The molecule has 0 aliphatic carbocycles. The number of anilines is 3. The largest absolute Gasteiger partial charge is 0.492 e. The highest BCUT2D eigenvalue weighted by Gasteiger charge is 2.14. The topological polar surface area (TPSA) is 63.2 Å². The van der Waals surface area contributed by atoms with Gasteiger partial charge in [0.25, 0.3) is 5.91 Å². The van der Waals surface area contributed by atoms with Crippen LogP contribution in [0.1, 0.15) is 17.3 Å². The molecule has 2 aromatic carbocycles. The van der Waals surface area contributed by atoms with Crippen LogP contribution in [-0.4, -0.2) is 17.5 Å².